The van der Waals surface area contributed by atoms with Gasteiger partial charge in [0, 0.05) is 5.56 Å². The van der Waals surface area contributed by atoms with Crippen molar-refractivity contribution >= 4 is 16.2 Å². The number of rotatable bonds is 8. The molecule has 0 aliphatic carbocycles. The van der Waals surface area contributed by atoms with Crippen molar-refractivity contribution in [3.8, 4) is 5.75 Å². The van der Waals surface area contributed by atoms with Crippen molar-refractivity contribution in [2.24, 2.45) is 0 Å². The van der Waals surface area contributed by atoms with Crippen molar-refractivity contribution < 1.29 is 26.9 Å². The van der Waals surface area contributed by atoms with E-state index in [2.05, 4.69) is 5.32 Å². The largest absolute Gasteiger partial charge is 0.444 e. The minimum absolute atomic E-state index is 0.0753. The Morgan fingerprint density at radius 2 is 1.66 bits per heavy atom. The fourth-order valence-electron chi connectivity index (χ4n) is 2.51. The monoisotopic (exact) mass is 421 g/mol. The number of nitrogens with one attached hydrogen (secondary N) is 1. The first kappa shape index (κ1) is 22.7. The SMILES string of the molecule is CC(C)(C)OC(=O)NCC(OCc1ccccc1)c1ccccc1OS(C)(=O)=O. The number of alkyl carbamates (subject to hydrolysis) is 1. The zero-order chi connectivity index (χ0) is 21.5. The summed E-state index contributed by atoms with van der Waals surface area (Å²) >= 11 is 0. The zero-order valence-corrected chi connectivity index (χ0v) is 17.9. The van der Waals surface area contributed by atoms with Crippen LogP contribution in [-0.2, 0) is 26.2 Å². The molecular weight excluding hydrogens is 394 g/mol. The molecule has 8 heteroatoms. The van der Waals surface area contributed by atoms with Gasteiger partial charge in [-0.05, 0) is 32.4 Å². The molecule has 0 saturated carbocycles. The van der Waals surface area contributed by atoms with E-state index in [1.54, 1.807) is 45.0 Å². The topological polar surface area (TPSA) is 90.9 Å². The highest BCUT2D eigenvalue weighted by molar-refractivity contribution is 7.86. The molecule has 0 spiro atoms. The standard InChI is InChI=1S/C21H27NO6S/c1-21(2,3)27-20(23)22-14-19(26-15-16-10-6-5-7-11-16)17-12-8-9-13-18(17)28-29(4,24)25/h5-13,19H,14-15H2,1-4H3,(H,22,23). The van der Waals surface area contributed by atoms with Crippen LogP contribution in [0.25, 0.3) is 0 Å². The van der Waals surface area contributed by atoms with E-state index < -0.39 is 27.9 Å². The molecule has 1 atom stereocenters. The van der Waals surface area contributed by atoms with Crippen LogP contribution in [0.5, 0.6) is 5.75 Å². The van der Waals surface area contributed by atoms with Crippen molar-refractivity contribution in [3.63, 3.8) is 0 Å². The van der Waals surface area contributed by atoms with Crippen molar-refractivity contribution in [2.45, 2.75) is 39.1 Å². The third-order valence-corrected chi connectivity index (χ3v) is 4.11. The van der Waals surface area contributed by atoms with Crippen LogP contribution in [0.4, 0.5) is 4.79 Å². The molecule has 2 rings (SSSR count). The molecule has 0 fully saturated rings. The van der Waals surface area contributed by atoms with Gasteiger partial charge < -0.3 is 19.0 Å². The molecule has 158 valence electrons. The molecule has 2 aromatic rings. The fourth-order valence-corrected chi connectivity index (χ4v) is 2.98. The molecule has 0 heterocycles. The molecule has 0 aliphatic rings. The average molecular weight is 422 g/mol. The van der Waals surface area contributed by atoms with E-state index in [1.165, 1.54) is 0 Å². The van der Waals surface area contributed by atoms with Gasteiger partial charge in [-0.1, -0.05) is 48.5 Å². The quantitative estimate of drug-likeness (QED) is 0.652. The molecule has 29 heavy (non-hydrogen) atoms. The molecule has 1 amide bonds. The first-order valence-electron chi connectivity index (χ1n) is 9.14. The number of amides is 1. The van der Waals surface area contributed by atoms with E-state index >= 15 is 0 Å². The summed E-state index contributed by atoms with van der Waals surface area (Å²) in [5, 5.41) is 2.67. The Morgan fingerprint density at radius 1 is 1.03 bits per heavy atom. The van der Waals surface area contributed by atoms with Gasteiger partial charge in [-0.3, -0.25) is 0 Å². The lowest BCUT2D eigenvalue weighted by atomic mass is 10.1. The highest BCUT2D eigenvalue weighted by Crippen LogP contribution is 2.29. The summed E-state index contributed by atoms with van der Waals surface area (Å²) in [5.41, 5.74) is 0.808. The zero-order valence-electron chi connectivity index (χ0n) is 17.0. The summed E-state index contributed by atoms with van der Waals surface area (Å²) in [4.78, 5) is 12.1. The van der Waals surface area contributed by atoms with Gasteiger partial charge in [0.2, 0.25) is 0 Å². The predicted molar refractivity (Wildman–Crippen MR) is 110 cm³/mol. The predicted octanol–water partition coefficient (Wildman–Crippen LogP) is 3.81. The van der Waals surface area contributed by atoms with Crippen LogP contribution >= 0.6 is 0 Å². The number of ether oxygens (including phenoxy) is 2. The first-order valence-corrected chi connectivity index (χ1v) is 11.0. The molecule has 0 aliphatic heterocycles. The van der Waals surface area contributed by atoms with Crippen molar-refractivity contribution in [1.82, 2.24) is 5.32 Å². The normalized spacial score (nSPS) is 12.8. The number of benzene rings is 2. The fraction of sp³-hybridized carbons (Fsp3) is 0.381. The average Bonchev–Trinajstić information content (AvgIpc) is 2.61. The van der Waals surface area contributed by atoms with Crippen LogP contribution in [0.3, 0.4) is 0 Å². The first-order chi connectivity index (χ1) is 13.5. The van der Waals surface area contributed by atoms with Crippen molar-refractivity contribution in [2.75, 3.05) is 12.8 Å². The molecule has 2 aromatic carbocycles. The minimum atomic E-state index is -3.72. The maximum Gasteiger partial charge on any atom is 0.407 e. The Labute approximate surface area is 172 Å². The second kappa shape index (κ2) is 9.76. The molecular formula is C21H27NO6S. The Morgan fingerprint density at radius 3 is 2.28 bits per heavy atom. The lowest BCUT2D eigenvalue weighted by Crippen LogP contribution is -2.35. The van der Waals surface area contributed by atoms with Gasteiger partial charge >= 0.3 is 16.2 Å². The van der Waals surface area contributed by atoms with Crippen LogP contribution in [-0.4, -0.2) is 32.9 Å². The number of hydrogen-bond donors (Lipinski definition) is 1. The van der Waals surface area contributed by atoms with E-state index in [4.69, 9.17) is 13.7 Å². The van der Waals surface area contributed by atoms with Crippen LogP contribution in [0.15, 0.2) is 54.6 Å². The summed E-state index contributed by atoms with van der Waals surface area (Å²) in [6.45, 7) is 5.65. The summed E-state index contributed by atoms with van der Waals surface area (Å²) in [6.07, 6.45) is -0.268. The minimum Gasteiger partial charge on any atom is -0.444 e. The molecule has 0 radical (unpaired) electrons. The van der Waals surface area contributed by atoms with E-state index in [-0.39, 0.29) is 18.9 Å². The number of carbonyl (C=O) groups is 1. The molecule has 0 saturated heterocycles. The third-order valence-electron chi connectivity index (χ3n) is 3.63. The van der Waals surface area contributed by atoms with Gasteiger partial charge in [0.1, 0.15) is 17.5 Å². The van der Waals surface area contributed by atoms with Crippen LogP contribution in [0, 0.1) is 0 Å². The lowest BCUT2D eigenvalue weighted by molar-refractivity contribution is 0.0267. The Balaban J connectivity index is 2.21. The molecule has 1 N–H and O–H groups in total. The number of para-hydroxylation sites is 1. The van der Waals surface area contributed by atoms with Gasteiger partial charge in [0.15, 0.2) is 0 Å². The maximum atomic E-state index is 12.1. The van der Waals surface area contributed by atoms with Gasteiger partial charge in [-0.2, -0.15) is 8.42 Å². The van der Waals surface area contributed by atoms with E-state index in [9.17, 15) is 13.2 Å². The van der Waals surface area contributed by atoms with Crippen LogP contribution < -0.4 is 9.50 Å². The third kappa shape index (κ3) is 8.53. The lowest BCUT2D eigenvalue weighted by Gasteiger charge is -2.23. The summed E-state index contributed by atoms with van der Waals surface area (Å²) in [6, 6.07) is 16.2. The van der Waals surface area contributed by atoms with E-state index in [0.29, 0.717) is 5.56 Å². The summed E-state index contributed by atoms with van der Waals surface area (Å²) in [5.74, 6) is 0.152. The highest BCUT2D eigenvalue weighted by Gasteiger charge is 2.22. The Bertz CT molecular complexity index is 906. The van der Waals surface area contributed by atoms with Gasteiger partial charge in [0.25, 0.3) is 0 Å². The van der Waals surface area contributed by atoms with E-state index in [0.717, 1.165) is 11.8 Å². The van der Waals surface area contributed by atoms with E-state index in [1.807, 2.05) is 30.3 Å². The molecule has 0 bridgehead atoms. The van der Waals surface area contributed by atoms with Gasteiger partial charge in [0.05, 0.1) is 19.4 Å². The van der Waals surface area contributed by atoms with Gasteiger partial charge in [-0.15, -0.1) is 0 Å². The highest BCUT2D eigenvalue weighted by atomic mass is 32.2. The summed E-state index contributed by atoms with van der Waals surface area (Å²) < 4.78 is 39.6. The summed E-state index contributed by atoms with van der Waals surface area (Å²) in [7, 11) is -3.72. The smallest absolute Gasteiger partial charge is 0.407 e. The molecule has 7 nitrogen and oxygen atoms in total. The van der Waals surface area contributed by atoms with Gasteiger partial charge in [-0.25, -0.2) is 4.79 Å². The number of carbonyl (C=O) groups excluding carboxylic acids is 1. The van der Waals surface area contributed by atoms with Crippen LogP contribution in [0.1, 0.15) is 38.0 Å². The second-order valence-corrected chi connectivity index (χ2v) is 9.07. The Hall–Kier alpha value is -2.58. The molecule has 1 unspecified atom stereocenters. The van der Waals surface area contributed by atoms with Crippen molar-refractivity contribution in [3.05, 3.63) is 65.7 Å². The Kier molecular flexibility index (Phi) is 7.64. The molecule has 0 aromatic heterocycles. The second-order valence-electron chi connectivity index (χ2n) is 7.49. The maximum absolute atomic E-state index is 12.1. The number of hydrogen-bond acceptors (Lipinski definition) is 6. The van der Waals surface area contributed by atoms with Crippen LogP contribution in [0.2, 0.25) is 0 Å². The van der Waals surface area contributed by atoms with Crippen molar-refractivity contribution in [1.29, 1.82) is 0 Å².